The van der Waals surface area contributed by atoms with Gasteiger partial charge in [-0.3, -0.25) is 9.59 Å². The van der Waals surface area contributed by atoms with Crippen LogP contribution in [0.15, 0.2) is 66.9 Å². The number of amides is 2. The average Bonchev–Trinajstić information content (AvgIpc) is 3.40. The van der Waals surface area contributed by atoms with Gasteiger partial charge in [-0.1, -0.05) is 24.3 Å². The molecule has 188 valence electrons. The summed E-state index contributed by atoms with van der Waals surface area (Å²) >= 11 is 0. The van der Waals surface area contributed by atoms with Crippen LogP contribution in [0.4, 0.5) is 5.69 Å². The Labute approximate surface area is 210 Å². The van der Waals surface area contributed by atoms with Crippen LogP contribution in [0.2, 0.25) is 0 Å². The molecule has 1 aliphatic rings. The van der Waals surface area contributed by atoms with Gasteiger partial charge in [0, 0.05) is 30.9 Å². The van der Waals surface area contributed by atoms with Crippen molar-refractivity contribution in [2.24, 2.45) is 5.92 Å². The Morgan fingerprint density at radius 2 is 1.81 bits per heavy atom. The highest BCUT2D eigenvalue weighted by Gasteiger charge is 2.27. The molecular weight excluding hydrogens is 460 g/mol. The van der Waals surface area contributed by atoms with Crippen LogP contribution in [0.1, 0.15) is 36.7 Å². The quantitative estimate of drug-likeness (QED) is 0.459. The summed E-state index contributed by atoms with van der Waals surface area (Å²) in [6.07, 6.45) is 3.20. The van der Waals surface area contributed by atoms with Crippen molar-refractivity contribution >= 4 is 23.5 Å². The van der Waals surface area contributed by atoms with E-state index < -0.39 is 5.97 Å². The molecule has 1 saturated heterocycles. The zero-order chi connectivity index (χ0) is 25.3. The third-order valence-electron chi connectivity index (χ3n) is 6.00. The minimum atomic E-state index is -0.478. The van der Waals surface area contributed by atoms with Crippen molar-refractivity contribution in [1.82, 2.24) is 14.7 Å². The zero-order valence-electron chi connectivity index (χ0n) is 20.3. The van der Waals surface area contributed by atoms with Gasteiger partial charge in [0.1, 0.15) is 5.75 Å². The number of piperidine rings is 1. The molecule has 0 radical (unpaired) electrons. The normalized spacial score (nSPS) is 13.8. The first-order chi connectivity index (χ1) is 17.5. The second-order valence-corrected chi connectivity index (χ2v) is 8.47. The number of aromatic nitrogens is 2. The maximum Gasteiger partial charge on any atom is 0.358 e. The first-order valence-electron chi connectivity index (χ1n) is 12.1. The van der Waals surface area contributed by atoms with E-state index in [1.165, 1.54) is 0 Å². The highest BCUT2D eigenvalue weighted by Crippen LogP contribution is 2.22. The molecule has 0 aliphatic carbocycles. The number of ether oxygens (including phenoxy) is 2. The van der Waals surface area contributed by atoms with Gasteiger partial charge in [0.25, 0.3) is 0 Å². The van der Waals surface area contributed by atoms with E-state index in [2.05, 4.69) is 10.4 Å². The summed E-state index contributed by atoms with van der Waals surface area (Å²) in [7, 11) is 0. The number of carbonyl (C=O) groups excluding carboxylic acids is 3. The standard InChI is InChI=1S/C27H30N4O5/c1-2-35-27(34)24-13-17-31(29-24)22-8-6-7-21(19-22)28-26(33)20-11-15-30(16-12-20)25(32)14-18-36-23-9-4-3-5-10-23/h3-10,13,17,19-20H,2,11-12,14-16,18H2,1H3,(H,28,33). The van der Waals surface area contributed by atoms with E-state index in [-0.39, 0.29) is 30.0 Å². The van der Waals surface area contributed by atoms with Crippen molar-refractivity contribution in [3.63, 3.8) is 0 Å². The lowest BCUT2D eigenvalue weighted by Crippen LogP contribution is -2.41. The molecule has 0 atom stereocenters. The van der Waals surface area contributed by atoms with Crippen LogP contribution in [0.5, 0.6) is 5.75 Å². The Morgan fingerprint density at radius 3 is 2.56 bits per heavy atom. The van der Waals surface area contributed by atoms with Gasteiger partial charge in [-0.25, -0.2) is 9.48 Å². The highest BCUT2D eigenvalue weighted by molar-refractivity contribution is 5.93. The van der Waals surface area contributed by atoms with Crippen molar-refractivity contribution in [2.45, 2.75) is 26.2 Å². The summed E-state index contributed by atoms with van der Waals surface area (Å²) in [6.45, 7) is 3.45. The molecule has 9 heteroatoms. The van der Waals surface area contributed by atoms with Crippen LogP contribution in [-0.2, 0) is 14.3 Å². The molecule has 2 aromatic carbocycles. The monoisotopic (exact) mass is 490 g/mol. The third kappa shape index (κ3) is 6.50. The molecule has 2 heterocycles. The lowest BCUT2D eigenvalue weighted by atomic mass is 9.95. The molecule has 2 amide bonds. The maximum absolute atomic E-state index is 12.9. The van der Waals surface area contributed by atoms with Gasteiger partial charge in [0.15, 0.2) is 5.69 Å². The molecule has 1 aliphatic heterocycles. The number of para-hydroxylation sites is 1. The first kappa shape index (κ1) is 25.0. The van der Waals surface area contributed by atoms with E-state index in [1.54, 1.807) is 34.8 Å². The largest absolute Gasteiger partial charge is 0.493 e. The topological polar surface area (TPSA) is 103 Å². The summed E-state index contributed by atoms with van der Waals surface area (Å²) in [6, 6.07) is 18.3. The van der Waals surface area contributed by atoms with Crippen LogP contribution in [-0.4, -0.2) is 58.8 Å². The molecule has 1 aromatic heterocycles. The fourth-order valence-corrected chi connectivity index (χ4v) is 4.07. The predicted molar refractivity (Wildman–Crippen MR) is 134 cm³/mol. The van der Waals surface area contributed by atoms with E-state index in [0.29, 0.717) is 50.3 Å². The summed E-state index contributed by atoms with van der Waals surface area (Å²) in [4.78, 5) is 39.1. The summed E-state index contributed by atoms with van der Waals surface area (Å²) in [5.74, 6) is 0.0719. The molecule has 0 unspecified atom stereocenters. The van der Waals surface area contributed by atoms with E-state index in [0.717, 1.165) is 5.75 Å². The van der Waals surface area contributed by atoms with E-state index in [4.69, 9.17) is 9.47 Å². The van der Waals surface area contributed by atoms with Gasteiger partial charge in [-0.05, 0) is 56.2 Å². The average molecular weight is 491 g/mol. The molecule has 0 saturated carbocycles. The number of nitrogens with zero attached hydrogens (tertiary/aromatic N) is 3. The van der Waals surface area contributed by atoms with Gasteiger partial charge in [-0.2, -0.15) is 5.10 Å². The van der Waals surface area contributed by atoms with Crippen molar-refractivity contribution in [1.29, 1.82) is 0 Å². The number of hydrogen-bond acceptors (Lipinski definition) is 6. The molecule has 0 spiro atoms. The number of rotatable bonds is 9. The Balaban J connectivity index is 1.25. The Kier molecular flexibility index (Phi) is 8.33. The molecule has 3 aromatic rings. The first-order valence-corrected chi connectivity index (χ1v) is 12.1. The number of esters is 1. The van der Waals surface area contributed by atoms with Crippen LogP contribution in [0.3, 0.4) is 0 Å². The molecule has 1 N–H and O–H groups in total. The zero-order valence-corrected chi connectivity index (χ0v) is 20.3. The Hall–Kier alpha value is -4.14. The van der Waals surface area contributed by atoms with Gasteiger partial charge in [0.05, 0.1) is 25.3 Å². The number of anilines is 1. The van der Waals surface area contributed by atoms with Crippen LogP contribution in [0.25, 0.3) is 5.69 Å². The minimum Gasteiger partial charge on any atom is -0.493 e. The van der Waals surface area contributed by atoms with Gasteiger partial charge < -0.3 is 19.7 Å². The predicted octanol–water partition coefficient (Wildman–Crippen LogP) is 3.70. The fourth-order valence-electron chi connectivity index (χ4n) is 4.07. The number of hydrogen-bond donors (Lipinski definition) is 1. The number of likely N-dealkylation sites (tertiary alicyclic amines) is 1. The number of nitrogens with one attached hydrogen (secondary N) is 1. The van der Waals surface area contributed by atoms with Crippen molar-refractivity contribution in [3.05, 3.63) is 72.6 Å². The molecule has 9 nitrogen and oxygen atoms in total. The van der Waals surface area contributed by atoms with Gasteiger partial charge >= 0.3 is 5.97 Å². The lowest BCUT2D eigenvalue weighted by molar-refractivity contribution is -0.135. The molecule has 0 bridgehead atoms. The van der Waals surface area contributed by atoms with Crippen molar-refractivity contribution < 1.29 is 23.9 Å². The SMILES string of the molecule is CCOC(=O)c1ccn(-c2cccc(NC(=O)C3CCN(C(=O)CCOc4ccccc4)CC3)c2)n1. The maximum atomic E-state index is 12.9. The van der Waals surface area contributed by atoms with Crippen LogP contribution >= 0.6 is 0 Å². The van der Waals surface area contributed by atoms with Crippen molar-refractivity contribution in [2.75, 3.05) is 31.6 Å². The summed E-state index contributed by atoms with van der Waals surface area (Å²) in [5.41, 5.74) is 1.57. The molecule has 1 fully saturated rings. The van der Waals surface area contributed by atoms with E-state index in [1.807, 2.05) is 48.5 Å². The van der Waals surface area contributed by atoms with E-state index >= 15 is 0 Å². The Bertz CT molecular complexity index is 1190. The highest BCUT2D eigenvalue weighted by atomic mass is 16.5. The smallest absolute Gasteiger partial charge is 0.358 e. The van der Waals surface area contributed by atoms with Gasteiger partial charge in [0.2, 0.25) is 11.8 Å². The summed E-state index contributed by atoms with van der Waals surface area (Å²) < 4.78 is 12.2. The van der Waals surface area contributed by atoms with Crippen molar-refractivity contribution in [3.8, 4) is 11.4 Å². The minimum absolute atomic E-state index is 0.0406. The van der Waals surface area contributed by atoms with E-state index in [9.17, 15) is 14.4 Å². The van der Waals surface area contributed by atoms with Gasteiger partial charge in [-0.15, -0.1) is 0 Å². The second-order valence-electron chi connectivity index (χ2n) is 8.47. The Morgan fingerprint density at radius 1 is 1.03 bits per heavy atom. The molecule has 36 heavy (non-hydrogen) atoms. The number of benzene rings is 2. The summed E-state index contributed by atoms with van der Waals surface area (Å²) in [5, 5.41) is 7.23. The lowest BCUT2D eigenvalue weighted by Gasteiger charge is -2.31. The number of carbonyl (C=O) groups is 3. The molecular formula is C27H30N4O5. The second kappa shape index (κ2) is 12.0. The fraction of sp³-hybridized carbons (Fsp3) is 0.333. The van der Waals surface area contributed by atoms with Crippen LogP contribution in [0, 0.1) is 5.92 Å². The third-order valence-corrected chi connectivity index (χ3v) is 6.00. The van der Waals surface area contributed by atoms with Crippen LogP contribution < -0.4 is 10.1 Å². The molecule has 4 rings (SSSR count).